The number of Topliss-reactive ketones (excluding diaryl/α,β-unsaturated/α-hetero) is 1. The maximum Gasteiger partial charge on any atom is 0.323 e. The summed E-state index contributed by atoms with van der Waals surface area (Å²) in [5.41, 5.74) is 1.11. The van der Waals surface area contributed by atoms with Crippen LogP contribution in [-0.2, 0) is 25.5 Å². The van der Waals surface area contributed by atoms with Gasteiger partial charge in [0, 0.05) is 6.54 Å². The molecule has 0 saturated carbocycles. The predicted molar refractivity (Wildman–Crippen MR) is 109 cm³/mol. The first-order valence-electron chi connectivity index (χ1n) is 10.4. The number of rotatable bonds is 10. The summed E-state index contributed by atoms with van der Waals surface area (Å²) in [7, 11) is 0. The number of amides is 1. The number of aliphatic hydroxyl groups excluding tert-OH is 1. The van der Waals surface area contributed by atoms with Gasteiger partial charge in [0.05, 0.1) is 19.2 Å². The van der Waals surface area contributed by atoms with Crippen molar-refractivity contribution in [2.45, 2.75) is 57.5 Å². The third-order valence-corrected chi connectivity index (χ3v) is 5.11. The number of ketones is 1. The molecule has 1 aromatic carbocycles. The number of nitrogens with one attached hydrogen (secondary N) is 1. The zero-order valence-corrected chi connectivity index (χ0v) is 17.1. The Kier molecular flexibility index (Phi) is 9.80. The van der Waals surface area contributed by atoms with Gasteiger partial charge in [-0.05, 0) is 38.2 Å². The van der Waals surface area contributed by atoms with Crippen molar-refractivity contribution in [2.75, 3.05) is 26.3 Å². The van der Waals surface area contributed by atoms with E-state index in [1.54, 1.807) is 6.92 Å². The number of nitrogens with zero attached hydrogens (tertiary/aromatic N) is 1. The molecule has 1 fully saturated rings. The van der Waals surface area contributed by atoms with Crippen LogP contribution in [0, 0.1) is 0 Å². The molecule has 0 radical (unpaired) electrons. The van der Waals surface area contributed by atoms with E-state index in [4.69, 9.17) is 9.84 Å². The van der Waals surface area contributed by atoms with E-state index >= 15 is 0 Å². The number of aryl methyl sites for hydroxylation is 1. The molecule has 29 heavy (non-hydrogen) atoms. The van der Waals surface area contributed by atoms with Gasteiger partial charge >= 0.3 is 5.97 Å². The van der Waals surface area contributed by atoms with Gasteiger partial charge in [0.15, 0.2) is 5.78 Å². The quantitative estimate of drug-likeness (QED) is 0.574. The standard InChI is InChI=1S/C22H32N2O5/c1-2-29-22(28)20(13-12-17-9-5-3-6-10-17)23-19-11-7-4-8-14-24(21(19)27)15-18(26)16-25/h3,5-6,9-10,19-20,23,25H,2,4,7-8,11-16H2,1H3. The van der Waals surface area contributed by atoms with Crippen molar-refractivity contribution in [1.29, 1.82) is 0 Å². The highest BCUT2D eigenvalue weighted by Gasteiger charge is 2.31. The average Bonchev–Trinajstić information content (AvgIpc) is 2.73. The molecule has 1 heterocycles. The van der Waals surface area contributed by atoms with Crippen LogP contribution in [0.4, 0.5) is 0 Å². The Hall–Kier alpha value is -2.25. The highest BCUT2D eigenvalue weighted by Crippen LogP contribution is 2.15. The van der Waals surface area contributed by atoms with E-state index in [0.29, 0.717) is 25.8 Å². The Morgan fingerprint density at radius 1 is 1.24 bits per heavy atom. The molecule has 0 aliphatic carbocycles. The monoisotopic (exact) mass is 404 g/mol. The van der Waals surface area contributed by atoms with Crippen LogP contribution in [-0.4, -0.2) is 66.1 Å². The summed E-state index contributed by atoms with van der Waals surface area (Å²) < 4.78 is 5.22. The molecule has 1 saturated heterocycles. The lowest BCUT2D eigenvalue weighted by Gasteiger charge is -2.31. The first-order chi connectivity index (χ1) is 14.0. The fourth-order valence-corrected chi connectivity index (χ4v) is 3.57. The van der Waals surface area contributed by atoms with Gasteiger partial charge in [-0.15, -0.1) is 0 Å². The molecule has 7 heteroatoms. The summed E-state index contributed by atoms with van der Waals surface area (Å²) in [6.07, 6.45) is 4.45. The number of aliphatic hydroxyl groups is 1. The largest absolute Gasteiger partial charge is 0.465 e. The highest BCUT2D eigenvalue weighted by molar-refractivity contribution is 5.89. The normalized spacial score (nSPS) is 18.6. The van der Waals surface area contributed by atoms with Crippen LogP contribution in [0.15, 0.2) is 30.3 Å². The number of likely N-dealkylation sites (tertiary alicyclic amines) is 1. The van der Waals surface area contributed by atoms with Gasteiger partial charge in [0.25, 0.3) is 0 Å². The molecule has 0 aromatic heterocycles. The molecule has 2 unspecified atom stereocenters. The minimum Gasteiger partial charge on any atom is -0.465 e. The van der Waals surface area contributed by atoms with Crippen molar-refractivity contribution in [2.24, 2.45) is 0 Å². The fourth-order valence-electron chi connectivity index (χ4n) is 3.57. The number of esters is 1. The number of benzene rings is 1. The van der Waals surface area contributed by atoms with Crippen molar-refractivity contribution in [3.63, 3.8) is 0 Å². The first kappa shape index (κ1) is 23.0. The molecular weight excluding hydrogens is 372 g/mol. The Bertz CT molecular complexity index is 664. The van der Waals surface area contributed by atoms with E-state index in [1.165, 1.54) is 4.90 Å². The van der Waals surface area contributed by atoms with E-state index in [-0.39, 0.29) is 30.8 Å². The zero-order valence-electron chi connectivity index (χ0n) is 17.1. The number of hydrogen-bond acceptors (Lipinski definition) is 6. The molecule has 2 rings (SSSR count). The third kappa shape index (κ3) is 7.59. The number of carbonyl (C=O) groups excluding carboxylic acids is 3. The summed E-state index contributed by atoms with van der Waals surface area (Å²) in [6.45, 7) is 1.84. The van der Waals surface area contributed by atoms with E-state index in [1.807, 2.05) is 30.3 Å². The molecular formula is C22H32N2O5. The lowest BCUT2D eigenvalue weighted by Crippen LogP contribution is -2.54. The van der Waals surface area contributed by atoms with Crippen LogP contribution in [0.1, 0.15) is 44.6 Å². The van der Waals surface area contributed by atoms with Gasteiger partial charge in [0.1, 0.15) is 12.6 Å². The minimum absolute atomic E-state index is 0.0956. The van der Waals surface area contributed by atoms with Crippen molar-refractivity contribution in [1.82, 2.24) is 10.2 Å². The summed E-state index contributed by atoms with van der Waals surface area (Å²) in [5, 5.41) is 12.2. The van der Waals surface area contributed by atoms with Crippen molar-refractivity contribution in [3.8, 4) is 0 Å². The van der Waals surface area contributed by atoms with Crippen LogP contribution >= 0.6 is 0 Å². The predicted octanol–water partition coefficient (Wildman–Crippen LogP) is 1.47. The molecule has 1 aliphatic rings. The van der Waals surface area contributed by atoms with Gasteiger partial charge < -0.3 is 14.7 Å². The maximum atomic E-state index is 13.0. The first-order valence-corrected chi connectivity index (χ1v) is 10.4. The van der Waals surface area contributed by atoms with Crippen LogP contribution in [0.25, 0.3) is 0 Å². The number of carbonyl (C=O) groups is 3. The van der Waals surface area contributed by atoms with Crippen molar-refractivity contribution in [3.05, 3.63) is 35.9 Å². The summed E-state index contributed by atoms with van der Waals surface area (Å²) in [4.78, 5) is 38.7. The smallest absolute Gasteiger partial charge is 0.323 e. The van der Waals surface area contributed by atoms with Crippen molar-refractivity contribution < 1.29 is 24.2 Å². The molecule has 1 aromatic rings. The van der Waals surface area contributed by atoms with Crippen LogP contribution in [0.5, 0.6) is 0 Å². The van der Waals surface area contributed by atoms with Gasteiger partial charge in [0.2, 0.25) is 5.91 Å². The SMILES string of the molecule is CCOC(=O)C(CCc1ccccc1)NC1CCCCCN(CC(=O)CO)C1=O. The average molecular weight is 405 g/mol. The second kappa shape index (κ2) is 12.3. The van der Waals surface area contributed by atoms with Crippen molar-refractivity contribution >= 4 is 17.7 Å². The Labute approximate surface area is 172 Å². The fraction of sp³-hybridized carbons (Fsp3) is 0.591. The van der Waals surface area contributed by atoms with Crippen LogP contribution in [0.2, 0.25) is 0 Å². The number of hydrogen-bond donors (Lipinski definition) is 2. The molecule has 2 N–H and O–H groups in total. The van der Waals surface area contributed by atoms with Gasteiger partial charge in [-0.3, -0.25) is 19.7 Å². The third-order valence-electron chi connectivity index (χ3n) is 5.11. The highest BCUT2D eigenvalue weighted by atomic mass is 16.5. The van der Waals surface area contributed by atoms with Gasteiger partial charge in [-0.2, -0.15) is 0 Å². The van der Waals surface area contributed by atoms with Crippen LogP contribution in [0.3, 0.4) is 0 Å². The Balaban J connectivity index is 2.08. The Morgan fingerprint density at radius 3 is 2.69 bits per heavy atom. The summed E-state index contributed by atoms with van der Waals surface area (Å²) in [5.74, 6) is -0.944. The van der Waals surface area contributed by atoms with Crippen LogP contribution < -0.4 is 5.32 Å². The molecule has 160 valence electrons. The van der Waals surface area contributed by atoms with Gasteiger partial charge in [-0.1, -0.05) is 43.2 Å². The molecule has 1 amide bonds. The summed E-state index contributed by atoms with van der Waals surface area (Å²) >= 11 is 0. The maximum absolute atomic E-state index is 13.0. The van der Waals surface area contributed by atoms with E-state index < -0.39 is 18.7 Å². The second-order valence-corrected chi connectivity index (χ2v) is 7.35. The number of ether oxygens (including phenoxy) is 1. The van der Waals surface area contributed by atoms with E-state index in [2.05, 4.69) is 5.32 Å². The summed E-state index contributed by atoms with van der Waals surface area (Å²) in [6, 6.07) is 8.72. The molecule has 2 atom stereocenters. The molecule has 0 bridgehead atoms. The minimum atomic E-state index is -0.598. The second-order valence-electron chi connectivity index (χ2n) is 7.35. The lowest BCUT2D eigenvalue weighted by atomic mass is 10.00. The van der Waals surface area contributed by atoms with E-state index in [0.717, 1.165) is 24.8 Å². The zero-order chi connectivity index (χ0) is 21.1. The topological polar surface area (TPSA) is 95.9 Å². The molecule has 1 aliphatic heterocycles. The van der Waals surface area contributed by atoms with Gasteiger partial charge in [-0.25, -0.2) is 0 Å². The molecule has 0 spiro atoms. The lowest BCUT2D eigenvalue weighted by molar-refractivity contribution is -0.147. The molecule has 7 nitrogen and oxygen atoms in total. The Morgan fingerprint density at radius 2 is 2.00 bits per heavy atom. The van der Waals surface area contributed by atoms with E-state index in [9.17, 15) is 14.4 Å².